The predicted octanol–water partition coefficient (Wildman–Crippen LogP) is 21.4. The van der Waals surface area contributed by atoms with Crippen LogP contribution in [0.2, 0.25) is 0 Å². The summed E-state index contributed by atoms with van der Waals surface area (Å²) < 4.78 is 46.7. The van der Waals surface area contributed by atoms with Crippen LogP contribution in [0.25, 0.3) is 0 Å². The molecule has 12 saturated carbocycles. The third kappa shape index (κ3) is 21.7. The van der Waals surface area contributed by atoms with E-state index in [0.29, 0.717) is 36.1 Å². The Kier molecular flexibility index (Phi) is 29.5. The number of ether oxygens (including phenoxy) is 8. The Balaban J connectivity index is 0.000000172. The van der Waals surface area contributed by atoms with Crippen molar-refractivity contribution in [3.63, 3.8) is 0 Å². The second kappa shape index (κ2) is 35.1. The average Bonchev–Trinajstić information content (AvgIpc) is 1.55. The zero-order chi connectivity index (χ0) is 71.5. The number of hydrogen-bond donors (Lipinski definition) is 0. The lowest BCUT2D eigenvalue weighted by Crippen LogP contribution is -2.50. The summed E-state index contributed by atoms with van der Waals surface area (Å²) in [6.45, 7) is 39.6. The van der Waals surface area contributed by atoms with Crippen molar-refractivity contribution in [1.82, 2.24) is 0 Å². The first-order valence-corrected chi connectivity index (χ1v) is 40.6. The second-order valence-electron chi connectivity index (χ2n) is 36.8. The SMILES string of the molecule is CCC(C)(C)C(=O)OC(C)OC1C2CC3CC(C2)CC1C3.CCC(C)(C)C(=O)OC(C)OC1CC2CC1C1C3CCC(C3)C21.CCC(C)(C)C(=O)OC(C)OC1CC2CCC1C2.CCC(C)(C)C(=O)OC1(C)CCCCCCC1.CCC1(OC(=O)C(C)(C)CC)CCCCCCC1. The fourth-order valence-corrected chi connectivity index (χ4v) is 19.1. The van der Waals surface area contributed by atoms with Crippen LogP contribution >= 0.6 is 0 Å². The van der Waals surface area contributed by atoms with Gasteiger partial charge in [-0.05, 0) is 348 Å². The molecule has 0 amide bonds. The molecule has 560 valence electrons. The first kappa shape index (κ1) is 81.5. The van der Waals surface area contributed by atoms with Crippen LogP contribution in [0.3, 0.4) is 0 Å². The van der Waals surface area contributed by atoms with Crippen molar-refractivity contribution in [1.29, 1.82) is 0 Å². The maximum absolute atomic E-state index is 12.3. The van der Waals surface area contributed by atoms with Crippen LogP contribution < -0.4 is 0 Å². The van der Waals surface area contributed by atoms with E-state index in [1.165, 1.54) is 148 Å². The zero-order valence-electron chi connectivity index (χ0n) is 65.7. The fraction of sp³-hybridized carbons (Fsp3) is 0.940. The maximum Gasteiger partial charge on any atom is 0.313 e. The molecule has 13 unspecified atom stereocenters. The number of carbonyl (C=O) groups is 5. The Bertz CT molecular complexity index is 2450. The average molecular weight is 1360 g/mol. The quantitative estimate of drug-likeness (QED) is 0.0437. The Morgan fingerprint density at radius 2 is 0.742 bits per heavy atom. The highest BCUT2D eigenvalue weighted by molar-refractivity contribution is 5.78. The highest BCUT2D eigenvalue weighted by Gasteiger charge is 2.63. The maximum atomic E-state index is 12.3. The fourth-order valence-electron chi connectivity index (χ4n) is 19.1. The molecule has 97 heavy (non-hydrogen) atoms. The van der Waals surface area contributed by atoms with E-state index in [0.717, 1.165) is 124 Å². The summed E-state index contributed by atoms with van der Waals surface area (Å²) in [5.41, 5.74) is -2.32. The first-order chi connectivity index (χ1) is 45.6. The minimum Gasteiger partial charge on any atom is -0.459 e. The van der Waals surface area contributed by atoms with E-state index in [9.17, 15) is 24.0 Å². The molecule has 0 aromatic carbocycles. The van der Waals surface area contributed by atoms with Crippen molar-refractivity contribution < 1.29 is 61.9 Å². The van der Waals surface area contributed by atoms with Crippen LogP contribution in [0, 0.1) is 98.1 Å². The minimum absolute atomic E-state index is 0.00702. The van der Waals surface area contributed by atoms with Crippen LogP contribution in [0.4, 0.5) is 0 Å². The monoisotopic (exact) mass is 1360 g/mol. The molecule has 0 aromatic heterocycles. The number of fused-ring (bicyclic) bond motifs is 11. The van der Waals surface area contributed by atoms with E-state index in [4.69, 9.17) is 37.9 Å². The van der Waals surface area contributed by atoms with Gasteiger partial charge < -0.3 is 37.9 Å². The van der Waals surface area contributed by atoms with Crippen molar-refractivity contribution in [2.24, 2.45) is 98.1 Å². The van der Waals surface area contributed by atoms with Crippen LogP contribution in [-0.2, 0) is 61.9 Å². The van der Waals surface area contributed by atoms with Crippen LogP contribution in [0.15, 0.2) is 0 Å². The van der Waals surface area contributed by atoms with Gasteiger partial charge in [0.25, 0.3) is 0 Å². The van der Waals surface area contributed by atoms with Crippen molar-refractivity contribution >= 4 is 29.8 Å². The number of esters is 5. The summed E-state index contributed by atoms with van der Waals surface area (Å²) in [7, 11) is 0. The molecular weight excluding hydrogens is 1220 g/mol. The van der Waals surface area contributed by atoms with Gasteiger partial charge in [0, 0.05) is 0 Å². The van der Waals surface area contributed by atoms with E-state index < -0.39 is 35.1 Å². The number of carbonyl (C=O) groups excluding carboxylic acids is 5. The molecule has 13 nitrogen and oxygen atoms in total. The molecule has 0 spiro atoms. The molecule has 0 aliphatic heterocycles. The van der Waals surface area contributed by atoms with Gasteiger partial charge in [-0.15, -0.1) is 0 Å². The topological polar surface area (TPSA) is 159 Å². The lowest BCUT2D eigenvalue weighted by molar-refractivity contribution is -0.224. The van der Waals surface area contributed by atoms with Crippen molar-refractivity contribution in [2.45, 2.75) is 405 Å². The second-order valence-corrected chi connectivity index (χ2v) is 36.8. The predicted molar refractivity (Wildman–Crippen MR) is 386 cm³/mol. The van der Waals surface area contributed by atoms with Crippen molar-refractivity contribution in [3.05, 3.63) is 0 Å². The highest BCUT2D eigenvalue weighted by atomic mass is 16.7. The van der Waals surface area contributed by atoms with Crippen LogP contribution in [-0.4, -0.2) is 78.2 Å². The van der Waals surface area contributed by atoms with Gasteiger partial charge in [-0.2, -0.15) is 0 Å². The lowest BCUT2D eigenvalue weighted by atomic mass is 9.55. The van der Waals surface area contributed by atoms with Gasteiger partial charge in [0.1, 0.15) is 11.2 Å². The molecule has 0 saturated heterocycles. The molecule has 13 atom stereocenters. The molecule has 0 heterocycles. The number of rotatable bonds is 22. The largest absolute Gasteiger partial charge is 0.459 e. The molecule has 0 aromatic rings. The third-order valence-electron chi connectivity index (χ3n) is 27.5. The normalized spacial score (nSPS) is 32.9. The minimum atomic E-state index is -0.415. The lowest BCUT2D eigenvalue weighted by Gasteiger charge is -2.54. The van der Waals surface area contributed by atoms with Gasteiger partial charge in [-0.25, -0.2) is 0 Å². The van der Waals surface area contributed by atoms with Crippen molar-refractivity contribution in [2.75, 3.05) is 0 Å². The number of hydrogen-bond acceptors (Lipinski definition) is 13. The molecule has 12 aliphatic rings. The molecule has 13 heteroatoms. The van der Waals surface area contributed by atoms with Gasteiger partial charge in [-0.3, -0.25) is 24.0 Å². The summed E-state index contributed by atoms with van der Waals surface area (Å²) in [5.74, 6) is 9.99. The van der Waals surface area contributed by atoms with Gasteiger partial charge >= 0.3 is 29.8 Å². The highest BCUT2D eigenvalue weighted by Crippen LogP contribution is 2.68. The smallest absolute Gasteiger partial charge is 0.313 e. The Morgan fingerprint density at radius 1 is 0.361 bits per heavy atom. The van der Waals surface area contributed by atoms with Crippen LogP contribution in [0.1, 0.15) is 357 Å². The van der Waals surface area contributed by atoms with Gasteiger partial charge in [0.2, 0.25) is 0 Å². The van der Waals surface area contributed by atoms with Gasteiger partial charge in [-0.1, -0.05) is 80.1 Å². The van der Waals surface area contributed by atoms with Crippen LogP contribution in [0.5, 0.6) is 0 Å². The Labute approximate surface area is 592 Å². The summed E-state index contributed by atoms with van der Waals surface area (Å²) in [4.78, 5) is 60.8. The zero-order valence-corrected chi connectivity index (χ0v) is 65.7. The van der Waals surface area contributed by atoms with E-state index in [-0.39, 0.29) is 51.9 Å². The molecule has 12 rings (SSSR count). The van der Waals surface area contributed by atoms with E-state index in [1.54, 1.807) is 0 Å². The molecular formula is C84H146O13. The Hall–Kier alpha value is -2.77. The summed E-state index contributed by atoms with van der Waals surface area (Å²) in [6, 6.07) is 0. The van der Waals surface area contributed by atoms with Gasteiger partial charge in [0.15, 0.2) is 18.9 Å². The molecule has 10 bridgehead atoms. The van der Waals surface area contributed by atoms with Crippen molar-refractivity contribution in [3.8, 4) is 0 Å². The van der Waals surface area contributed by atoms with E-state index >= 15 is 0 Å². The molecule has 12 aliphatic carbocycles. The molecule has 0 N–H and O–H groups in total. The standard InChI is InChI=1S/C20H32O3.C18H30O3.C16H30O2.C15H26O3.C15H28O2/c1-5-20(3,4)19(21)23-11(2)22-16-10-14-9-15(16)18-13-7-6-12(8-13)17(14)18;1-5-18(3,4)17(19)21-11(2)20-16-14-7-12-6-13(9-14)10-15(16)8-12;1-5-15(3,4)14(17)18-16(6-2)12-10-8-7-9-11-13-16;1-5-15(3,4)14(16)18-10(2)17-13-9-11-6-7-12(13)8-11;1-5-14(2,3)13(16)17-15(4)11-9-7-6-8-10-12-15/h11-18H,5-10H2,1-4H3;11-16H,5-10H2,1-4H3;5-13H2,1-4H3;10-13H,5-9H2,1-4H3;5-12H2,1-4H3. The molecule has 12 fully saturated rings. The summed E-state index contributed by atoms with van der Waals surface area (Å²) >= 11 is 0. The molecule has 0 radical (unpaired) electrons. The van der Waals surface area contributed by atoms with E-state index in [1.807, 2.05) is 118 Å². The third-order valence-corrected chi connectivity index (χ3v) is 27.5. The van der Waals surface area contributed by atoms with E-state index in [2.05, 4.69) is 20.8 Å². The van der Waals surface area contributed by atoms with Gasteiger partial charge in [0.05, 0.1) is 45.4 Å². The Morgan fingerprint density at radius 3 is 1.16 bits per heavy atom. The first-order valence-electron chi connectivity index (χ1n) is 40.6. The summed E-state index contributed by atoms with van der Waals surface area (Å²) in [6.07, 6.45) is 40.4. The summed E-state index contributed by atoms with van der Waals surface area (Å²) in [5, 5.41) is 0.